The molecule has 0 bridgehead atoms. The van der Waals surface area contributed by atoms with Crippen LogP contribution in [0.15, 0.2) is 39.6 Å². The molecule has 7 heteroatoms. The molecular formula is C22H30N2O4S. The number of hydrogen-bond donors (Lipinski definition) is 0. The Kier molecular flexibility index (Phi) is 5.92. The fourth-order valence-corrected chi connectivity index (χ4v) is 5.22. The number of carbonyl (C=O) groups excluding carboxylic acids is 1. The fourth-order valence-electron chi connectivity index (χ4n) is 3.54. The molecule has 1 fully saturated rings. The topological polar surface area (TPSA) is 70.8 Å². The maximum absolute atomic E-state index is 12.8. The summed E-state index contributed by atoms with van der Waals surface area (Å²) in [5.41, 5.74) is 2.30. The minimum atomic E-state index is -3.62. The second-order valence-electron chi connectivity index (χ2n) is 8.75. The monoisotopic (exact) mass is 418 g/mol. The van der Waals surface area contributed by atoms with Crippen molar-refractivity contribution < 1.29 is 17.6 Å². The third-order valence-corrected chi connectivity index (χ3v) is 7.36. The van der Waals surface area contributed by atoms with Gasteiger partial charge in [-0.2, -0.15) is 4.31 Å². The molecule has 1 aliphatic rings. The first-order chi connectivity index (χ1) is 13.5. The summed E-state index contributed by atoms with van der Waals surface area (Å²) in [5.74, 6) is -0.0341. The molecule has 29 heavy (non-hydrogen) atoms. The normalized spacial score (nSPS) is 15.6. The first-order valence-corrected chi connectivity index (χ1v) is 11.4. The Morgan fingerprint density at radius 3 is 2.28 bits per heavy atom. The molecule has 1 aromatic heterocycles. The zero-order valence-electron chi connectivity index (χ0n) is 17.9. The van der Waals surface area contributed by atoms with Gasteiger partial charge in [-0.3, -0.25) is 4.79 Å². The molecule has 1 amide bonds. The van der Waals surface area contributed by atoms with E-state index in [2.05, 4.69) is 32.9 Å². The van der Waals surface area contributed by atoms with Gasteiger partial charge in [0.25, 0.3) is 5.91 Å². The van der Waals surface area contributed by atoms with Crippen LogP contribution in [-0.4, -0.2) is 43.7 Å². The van der Waals surface area contributed by atoms with E-state index in [1.807, 2.05) is 12.1 Å². The van der Waals surface area contributed by atoms with E-state index in [0.717, 1.165) is 18.4 Å². The lowest BCUT2D eigenvalue weighted by molar-refractivity contribution is 0.0752. The molecule has 158 valence electrons. The molecule has 3 rings (SSSR count). The Labute approximate surface area is 173 Å². The lowest BCUT2D eigenvalue weighted by Gasteiger charge is -2.20. The van der Waals surface area contributed by atoms with Gasteiger partial charge in [0.2, 0.25) is 10.0 Å². The smallest absolute Gasteiger partial charge is 0.289 e. The average Bonchev–Trinajstić information content (AvgIpc) is 3.31. The van der Waals surface area contributed by atoms with E-state index in [0.29, 0.717) is 19.6 Å². The molecule has 0 saturated carbocycles. The zero-order chi connectivity index (χ0) is 21.4. The minimum Gasteiger partial charge on any atom is -0.455 e. The van der Waals surface area contributed by atoms with Crippen molar-refractivity contribution in [2.45, 2.75) is 57.4 Å². The Morgan fingerprint density at radius 2 is 1.72 bits per heavy atom. The number of nitrogens with zero attached hydrogens (tertiary/aromatic N) is 2. The third kappa shape index (κ3) is 4.56. The number of benzene rings is 1. The van der Waals surface area contributed by atoms with Crippen molar-refractivity contribution in [1.29, 1.82) is 0 Å². The summed E-state index contributed by atoms with van der Waals surface area (Å²) in [4.78, 5) is 14.4. The Bertz CT molecular complexity index is 979. The first-order valence-electron chi connectivity index (χ1n) is 9.95. The maximum atomic E-state index is 12.8. The third-order valence-electron chi connectivity index (χ3n) is 5.35. The van der Waals surface area contributed by atoms with Crippen LogP contribution < -0.4 is 0 Å². The van der Waals surface area contributed by atoms with Gasteiger partial charge in [0.15, 0.2) is 5.76 Å². The van der Waals surface area contributed by atoms with Gasteiger partial charge in [-0.25, -0.2) is 8.42 Å². The molecule has 0 unspecified atom stereocenters. The van der Waals surface area contributed by atoms with Crippen molar-refractivity contribution in [3.8, 4) is 0 Å². The van der Waals surface area contributed by atoms with Crippen LogP contribution in [0.2, 0.25) is 0 Å². The predicted octanol–water partition coefficient (Wildman–Crippen LogP) is 3.94. The fraction of sp³-hybridized carbons (Fsp3) is 0.500. The second-order valence-corrected chi connectivity index (χ2v) is 10.7. The van der Waals surface area contributed by atoms with Gasteiger partial charge in [-0.15, -0.1) is 0 Å². The van der Waals surface area contributed by atoms with Crippen molar-refractivity contribution in [3.63, 3.8) is 0 Å². The van der Waals surface area contributed by atoms with Crippen LogP contribution in [0.3, 0.4) is 0 Å². The van der Waals surface area contributed by atoms with Gasteiger partial charge in [-0.05, 0) is 36.3 Å². The van der Waals surface area contributed by atoms with Crippen molar-refractivity contribution in [3.05, 3.63) is 53.0 Å². The highest BCUT2D eigenvalue weighted by atomic mass is 32.2. The molecule has 0 atom stereocenters. The van der Waals surface area contributed by atoms with Gasteiger partial charge in [0.1, 0.15) is 10.7 Å². The second kappa shape index (κ2) is 7.95. The molecule has 0 N–H and O–H groups in total. The summed E-state index contributed by atoms with van der Waals surface area (Å²) in [6.45, 7) is 9.50. The van der Waals surface area contributed by atoms with Crippen LogP contribution in [0.5, 0.6) is 0 Å². The van der Waals surface area contributed by atoms with Crippen molar-refractivity contribution in [2.75, 3.05) is 20.1 Å². The molecule has 0 spiro atoms. The van der Waals surface area contributed by atoms with Gasteiger partial charge in [0.05, 0.1) is 0 Å². The van der Waals surface area contributed by atoms with E-state index in [-0.39, 0.29) is 27.7 Å². The molecule has 1 aromatic carbocycles. The van der Waals surface area contributed by atoms with Gasteiger partial charge in [-0.1, -0.05) is 45.0 Å². The van der Waals surface area contributed by atoms with Crippen LogP contribution in [0, 0.1) is 6.92 Å². The lowest BCUT2D eigenvalue weighted by Crippen LogP contribution is -2.28. The molecule has 2 heterocycles. The predicted molar refractivity (Wildman–Crippen MR) is 112 cm³/mol. The number of furan rings is 1. The van der Waals surface area contributed by atoms with Crippen molar-refractivity contribution in [2.24, 2.45) is 0 Å². The molecule has 0 aliphatic carbocycles. The quantitative estimate of drug-likeness (QED) is 0.737. The summed E-state index contributed by atoms with van der Waals surface area (Å²) in [7, 11) is -1.93. The van der Waals surface area contributed by atoms with Gasteiger partial charge < -0.3 is 9.32 Å². The standard InChI is InChI=1S/C22H30N2O4S/c1-16-20(29(26,27)24-12-6-7-13-24)14-19(28-16)21(25)23(5)15-17-8-10-18(11-9-17)22(2,3)4/h8-11,14H,6-7,12-13,15H2,1-5H3. The minimum absolute atomic E-state index is 0.0501. The molecule has 1 aliphatic heterocycles. The van der Waals surface area contributed by atoms with E-state index in [1.54, 1.807) is 14.0 Å². The van der Waals surface area contributed by atoms with Crippen LogP contribution >= 0.6 is 0 Å². The summed E-state index contributed by atoms with van der Waals surface area (Å²) < 4.78 is 32.6. The first kappa shape index (κ1) is 21.6. The lowest BCUT2D eigenvalue weighted by atomic mass is 9.87. The Balaban J connectivity index is 1.75. The Morgan fingerprint density at radius 1 is 1.14 bits per heavy atom. The van der Waals surface area contributed by atoms with E-state index in [4.69, 9.17) is 4.42 Å². The van der Waals surface area contributed by atoms with E-state index in [1.165, 1.54) is 20.8 Å². The van der Waals surface area contributed by atoms with Gasteiger partial charge in [0, 0.05) is 32.7 Å². The summed E-state index contributed by atoms with van der Waals surface area (Å²) >= 11 is 0. The molecule has 0 radical (unpaired) electrons. The molecule has 1 saturated heterocycles. The largest absolute Gasteiger partial charge is 0.455 e. The molecule has 2 aromatic rings. The number of amides is 1. The summed E-state index contributed by atoms with van der Waals surface area (Å²) in [5, 5.41) is 0. The summed E-state index contributed by atoms with van der Waals surface area (Å²) in [6.07, 6.45) is 1.72. The van der Waals surface area contributed by atoms with Crippen molar-refractivity contribution in [1.82, 2.24) is 9.21 Å². The van der Waals surface area contributed by atoms with Crippen LogP contribution in [-0.2, 0) is 22.0 Å². The van der Waals surface area contributed by atoms with Crippen LogP contribution in [0.1, 0.15) is 61.1 Å². The van der Waals surface area contributed by atoms with Crippen LogP contribution in [0.4, 0.5) is 0 Å². The number of sulfonamides is 1. The van der Waals surface area contributed by atoms with E-state index < -0.39 is 10.0 Å². The SMILES string of the molecule is Cc1oc(C(=O)N(C)Cc2ccc(C(C)(C)C)cc2)cc1S(=O)(=O)N1CCCC1. The average molecular weight is 419 g/mol. The number of aryl methyl sites for hydroxylation is 1. The molecular weight excluding hydrogens is 388 g/mol. The number of hydrogen-bond acceptors (Lipinski definition) is 4. The number of rotatable bonds is 5. The molecule has 6 nitrogen and oxygen atoms in total. The summed E-state index contributed by atoms with van der Waals surface area (Å²) in [6, 6.07) is 9.55. The highest BCUT2D eigenvalue weighted by molar-refractivity contribution is 7.89. The number of carbonyl (C=O) groups is 1. The van der Waals surface area contributed by atoms with E-state index >= 15 is 0 Å². The zero-order valence-corrected chi connectivity index (χ0v) is 18.7. The Hall–Kier alpha value is -2.12. The van der Waals surface area contributed by atoms with E-state index in [9.17, 15) is 13.2 Å². The highest BCUT2D eigenvalue weighted by Crippen LogP contribution is 2.27. The highest BCUT2D eigenvalue weighted by Gasteiger charge is 2.32. The van der Waals surface area contributed by atoms with Gasteiger partial charge >= 0.3 is 0 Å². The van der Waals surface area contributed by atoms with Crippen molar-refractivity contribution >= 4 is 15.9 Å². The van der Waals surface area contributed by atoms with Crippen LogP contribution in [0.25, 0.3) is 0 Å². The maximum Gasteiger partial charge on any atom is 0.289 e.